The van der Waals surface area contributed by atoms with E-state index in [1.165, 1.54) is 18.2 Å². The number of hydrogen-bond donors (Lipinski definition) is 2. The van der Waals surface area contributed by atoms with Crippen LogP contribution in [0.3, 0.4) is 0 Å². The highest BCUT2D eigenvalue weighted by Gasteiger charge is 2.32. The zero-order valence-electron chi connectivity index (χ0n) is 16.8. The van der Waals surface area contributed by atoms with Gasteiger partial charge >= 0.3 is 18.2 Å². The highest BCUT2D eigenvalue weighted by atomic mass is 35.5. The van der Waals surface area contributed by atoms with E-state index in [0.29, 0.717) is 11.3 Å². The third kappa shape index (κ3) is 7.47. The fraction of sp³-hybridized carbons (Fsp3) is 0.500. The molecule has 0 unspecified atom stereocenters. The number of rotatable bonds is 3. The molecule has 0 saturated heterocycles. The van der Waals surface area contributed by atoms with Crippen LogP contribution in [0, 0.1) is 0 Å². The van der Waals surface area contributed by atoms with Crippen molar-refractivity contribution in [3.8, 4) is 0 Å². The van der Waals surface area contributed by atoms with Crippen molar-refractivity contribution in [2.75, 3.05) is 4.31 Å². The molecule has 8 nitrogen and oxygen atoms in total. The van der Waals surface area contributed by atoms with E-state index in [9.17, 15) is 14.4 Å². The highest BCUT2D eigenvalue weighted by Crippen LogP contribution is 2.27. The van der Waals surface area contributed by atoms with Crippen LogP contribution in [0.2, 0.25) is 5.02 Å². The first-order valence-electron chi connectivity index (χ1n) is 8.41. The number of carbonyl (C=O) groups excluding carboxylic acids is 3. The summed E-state index contributed by atoms with van der Waals surface area (Å²) >= 11 is 10.2. The zero-order valence-corrected chi connectivity index (χ0v) is 18.4. The van der Waals surface area contributed by atoms with Crippen LogP contribution in [0.4, 0.5) is 20.1 Å². The standard InChI is InChI=1S/C18H26ClN3O5S/c1-17(2,3)26-15(24)21(16(25)27-18(4,5)6)10-11-9-12(7-8-13(11)19)22(28)14(20)23/h7-9,28H,10H2,1-6H3,(H2,20,23). The molecule has 156 valence electrons. The lowest BCUT2D eigenvalue weighted by atomic mass is 10.2. The summed E-state index contributed by atoms with van der Waals surface area (Å²) in [5.41, 5.74) is 4.26. The largest absolute Gasteiger partial charge is 0.443 e. The molecule has 0 heterocycles. The molecule has 1 aromatic carbocycles. The molecule has 0 atom stereocenters. The zero-order chi connectivity index (χ0) is 21.9. The van der Waals surface area contributed by atoms with Gasteiger partial charge in [0.05, 0.1) is 12.2 Å². The van der Waals surface area contributed by atoms with E-state index in [1.807, 2.05) is 0 Å². The number of benzene rings is 1. The van der Waals surface area contributed by atoms with Gasteiger partial charge in [-0.15, -0.1) is 0 Å². The number of carbonyl (C=O) groups is 3. The molecule has 4 amide bonds. The second-order valence-electron chi connectivity index (χ2n) is 7.97. The van der Waals surface area contributed by atoms with E-state index in [1.54, 1.807) is 41.5 Å². The third-order valence-corrected chi connectivity index (χ3v) is 3.84. The van der Waals surface area contributed by atoms with Gasteiger partial charge in [-0.1, -0.05) is 24.4 Å². The number of urea groups is 1. The Morgan fingerprint density at radius 1 is 1.04 bits per heavy atom. The summed E-state index contributed by atoms with van der Waals surface area (Å²) in [4.78, 5) is 37.3. The Hall–Kier alpha value is -2.13. The lowest BCUT2D eigenvalue weighted by Crippen LogP contribution is -2.43. The summed E-state index contributed by atoms with van der Waals surface area (Å²) in [6, 6.07) is 3.71. The van der Waals surface area contributed by atoms with Gasteiger partial charge in [0, 0.05) is 5.02 Å². The van der Waals surface area contributed by atoms with E-state index in [0.717, 1.165) is 9.21 Å². The first kappa shape index (κ1) is 23.9. The van der Waals surface area contributed by atoms with Gasteiger partial charge in [-0.05, 0) is 65.3 Å². The second kappa shape index (κ2) is 8.91. The molecule has 0 radical (unpaired) electrons. The quantitative estimate of drug-likeness (QED) is 0.672. The Morgan fingerprint density at radius 2 is 1.50 bits per heavy atom. The SMILES string of the molecule is CC(C)(C)OC(=O)N(Cc1cc(N(S)C(N)=O)ccc1Cl)C(=O)OC(C)(C)C. The maximum Gasteiger partial charge on any atom is 0.420 e. The van der Waals surface area contributed by atoms with E-state index < -0.39 is 29.4 Å². The Bertz CT molecular complexity index is 731. The van der Waals surface area contributed by atoms with E-state index in [2.05, 4.69) is 12.8 Å². The van der Waals surface area contributed by atoms with E-state index in [-0.39, 0.29) is 11.6 Å². The molecule has 0 saturated carbocycles. The van der Waals surface area contributed by atoms with Crippen molar-refractivity contribution in [3.05, 3.63) is 28.8 Å². The molecular weight excluding hydrogens is 406 g/mol. The van der Waals surface area contributed by atoms with Gasteiger partial charge in [-0.25, -0.2) is 23.6 Å². The second-order valence-corrected chi connectivity index (χ2v) is 8.78. The van der Waals surface area contributed by atoms with Gasteiger partial charge in [-0.2, -0.15) is 0 Å². The monoisotopic (exact) mass is 431 g/mol. The average Bonchev–Trinajstić information content (AvgIpc) is 2.49. The maximum atomic E-state index is 12.6. The molecule has 1 rings (SSSR count). The van der Waals surface area contributed by atoms with Crippen LogP contribution in [0.1, 0.15) is 47.1 Å². The molecule has 2 N–H and O–H groups in total. The molecule has 0 aromatic heterocycles. The van der Waals surface area contributed by atoms with Crippen molar-refractivity contribution >= 4 is 48.3 Å². The van der Waals surface area contributed by atoms with Gasteiger partial charge in [0.15, 0.2) is 0 Å². The van der Waals surface area contributed by atoms with Gasteiger partial charge in [0.2, 0.25) is 0 Å². The molecule has 0 aliphatic rings. The van der Waals surface area contributed by atoms with Crippen LogP contribution < -0.4 is 10.0 Å². The smallest absolute Gasteiger partial charge is 0.420 e. The Kier molecular flexibility index (Phi) is 7.61. The topological polar surface area (TPSA) is 102 Å². The van der Waals surface area contributed by atoms with Crippen LogP contribution in [0.5, 0.6) is 0 Å². The predicted molar refractivity (Wildman–Crippen MR) is 111 cm³/mol. The van der Waals surface area contributed by atoms with Gasteiger partial charge < -0.3 is 15.2 Å². The number of imide groups is 1. The minimum Gasteiger partial charge on any atom is -0.443 e. The van der Waals surface area contributed by atoms with Crippen LogP contribution >= 0.6 is 24.4 Å². The minimum atomic E-state index is -0.888. The summed E-state index contributed by atoms with van der Waals surface area (Å²) < 4.78 is 11.5. The van der Waals surface area contributed by atoms with Crippen molar-refractivity contribution in [2.45, 2.75) is 59.3 Å². The normalized spacial score (nSPS) is 11.6. The van der Waals surface area contributed by atoms with Gasteiger partial charge in [0.25, 0.3) is 0 Å². The van der Waals surface area contributed by atoms with Crippen molar-refractivity contribution < 1.29 is 23.9 Å². The summed E-state index contributed by atoms with van der Waals surface area (Å²) in [6.07, 6.45) is -1.78. The number of hydrogen-bond acceptors (Lipinski definition) is 6. The van der Waals surface area contributed by atoms with E-state index in [4.69, 9.17) is 26.8 Å². The summed E-state index contributed by atoms with van der Waals surface area (Å²) in [5.74, 6) is 0. The van der Waals surface area contributed by atoms with E-state index >= 15 is 0 Å². The van der Waals surface area contributed by atoms with Crippen LogP contribution in [-0.2, 0) is 16.0 Å². The van der Waals surface area contributed by atoms with Crippen molar-refractivity contribution in [2.24, 2.45) is 5.73 Å². The molecule has 0 spiro atoms. The molecule has 1 aromatic rings. The molecule has 28 heavy (non-hydrogen) atoms. The number of thiol groups is 1. The maximum absolute atomic E-state index is 12.6. The number of amides is 4. The molecular formula is C18H26ClN3O5S. The van der Waals surface area contributed by atoms with Crippen LogP contribution in [-0.4, -0.2) is 34.3 Å². The predicted octanol–water partition coefficient (Wildman–Crippen LogP) is 4.74. The first-order valence-corrected chi connectivity index (χ1v) is 9.19. The molecule has 0 fully saturated rings. The summed E-state index contributed by atoms with van der Waals surface area (Å²) in [6.45, 7) is 9.83. The first-order chi connectivity index (χ1) is 12.6. The number of primary amides is 1. The number of nitrogens with zero attached hydrogens (tertiary/aromatic N) is 2. The Labute approximate surface area is 175 Å². The highest BCUT2D eigenvalue weighted by molar-refractivity contribution is 7.82. The van der Waals surface area contributed by atoms with Crippen LogP contribution in [0.15, 0.2) is 18.2 Å². The molecule has 0 aliphatic carbocycles. The van der Waals surface area contributed by atoms with Gasteiger partial charge in [-0.3, -0.25) is 0 Å². The lowest BCUT2D eigenvalue weighted by molar-refractivity contribution is -0.000243. The van der Waals surface area contributed by atoms with Crippen molar-refractivity contribution in [3.63, 3.8) is 0 Å². The van der Waals surface area contributed by atoms with Crippen LogP contribution in [0.25, 0.3) is 0 Å². The van der Waals surface area contributed by atoms with Crippen molar-refractivity contribution in [1.29, 1.82) is 0 Å². The number of nitrogens with two attached hydrogens (primary N) is 1. The Morgan fingerprint density at radius 3 is 1.89 bits per heavy atom. The average molecular weight is 432 g/mol. The third-order valence-electron chi connectivity index (χ3n) is 3.04. The molecule has 0 bridgehead atoms. The fourth-order valence-corrected chi connectivity index (χ4v) is 2.25. The summed E-state index contributed by atoms with van der Waals surface area (Å²) in [7, 11) is 0. The molecule has 0 aliphatic heterocycles. The number of anilines is 1. The van der Waals surface area contributed by atoms with Crippen molar-refractivity contribution in [1.82, 2.24) is 4.90 Å². The fourth-order valence-electron chi connectivity index (χ4n) is 1.95. The molecule has 10 heteroatoms. The van der Waals surface area contributed by atoms with Gasteiger partial charge in [0.1, 0.15) is 11.2 Å². The lowest BCUT2D eigenvalue weighted by Gasteiger charge is -2.29. The summed E-state index contributed by atoms with van der Waals surface area (Å²) in [5, 5.41) is 0.270. The Balaban J connectivity index is 3.25. The number of halogens is 1. The minimum absolute atomic E-state index is 0.239. The number of ether oxygens (including phenoxy) is 2.